The summed E-state index contributed by atoms with van der Waals surface area (Å²) in [6.45, 7) is 5.89. The van der Waals surface area contributed by atoms with Crippen molar-refractivity contribution >= 4 is 27.3 Å². The molecule has 0 atom stereocenters. The molecule has 6 heteroatoms. The Labute approximate surface area is 165 Å². The van der Waals surface area contributed by atoms with E-state index >= 15 is 0 Å². The number of rotatable bonds is 5. The van der Waals surface area contributed by atoms with E-state index in [2.05, 4.69) is 10.0 Å². The van der Waals surface area contributed by atoms with E-state index in [0.717, 1.165) is 22.4 Å². The molecule has 3 aromatic rings. The Morgan fingerprint density at radius 1 is 0.750 bits per heavy atom. The fourth-order valence-corrected chi connectivity index (χ4v) is 3.70. The van der Waals surface area contributed by atoms with Crippen molar-refractivity contribution in [2.75, 3.05) is 10.0 Å². The fourth-order valence-electron chi connectivity index (χ4n) is 2.64. The van der Waals surface area contributed by atoms with Gasteiger partial charge in [-0.05, 0) is 80.4 Å². The third kappa shape index (κ3) is 4.58. The van der Waals surface area contributed by atoms with Gasteiger partial charge in [0, 0.05) is 16.9 Å². The lowest BCUT2D eigenvalue weighted by molar-refractivity contribution is 0.102. The van der Waals surface area contributed by atoms with Crippen LogP contribution in [0.25, 0.3) is 0 Å². The first kappa shape index (κ1) is 19.6. The Bertz CT molecular complexity index is 1100. The number of anilines is 2. The van der Waals surface area contributed by atoms with Crippen LogP contribution in [0.4, 0.5) is 11.4 Å². The minimum Gasteiger partial charge on any atom is -0.322 e. The van der Waals surface area contributed by atoms with Gasteiger partial charge >= 0.3 is 0 Å². The first-order valence-electron chi connectivity index (χ1n) is 8.83. The van der Waals surface area contributed by atoms with Crippen LogP contribution < -0.4 is 10.0 Å². The topological polar surface area (TPSA) is 75.3 Å². The first-order chi connectivity index (χ1) is 13.2. The van der Waals surface area contributed by atoms with E-state index in [1.54, 1.807) is 48.5 Å². The maximum Gasteiger partial charge on any atom is 0.261 e. The normalized spacial score (nSPS) is 11.1. The number of carbonyl (C=O) groups excluding carboxylic acids is 1. The Morgan fingerprint density at radius 3 is 1.96 bits per heavy atom. The molecule has 0 aliphatic heterocycles. The third-order valence-corrected chi connectivity index (χ3v) is 5.89. The molecule has 1 amide bonds. The van der Waals surface area contributed by atoms with Gasteiger partial charge in [0.2, 0.25) is 0 Å². The average Bonchev–Trinajstić information content (AvgIpc) is 2.65. The molecule has 0 aliphatic rings. The molecule has 0 fully saturated rings. The van der Waals surface area contributed by atoms with Crippen molar-refractivity contribution in [3.63, 3.8) is 0 Å². The van der Waals surface area contributed by atoms with Gasteiger partial charge in [-0.1, -0.05) is 23.8 Å². The number of nitrogens with one attached hydrogen (secondary N) is 2. The largest absolute Gasteiger partial charge is 0.322 e. The van der Waals surface area contributed by atoms with Gasteiger partial charge < -0.3 is 5.32 Å². The van der Waals surface area contributed by atoms with Gasteiger partial charge in [0.1, 0.15) is 0 Å². The standard InChI is InChI=1S/C22H22N2O3S/c1-15-4-12-21(13-5-15)28(26,27)24-19-10-7-18(8-11-19)22(25)23-20-9-6-16(2)17(3)14-20/h4-14,24H,1-3H3,(H,23,25). The number of carbonyl (C=O) groups is 1. The summed E-state index contributed by atoms with van der Waals surface area (Å²) in [6.07, 6.45) is 0. The minimum atomic E-state index is -3.67. The van der Waals surface area contributed by atoms with Crippen molar-refractivity contribution in [2.24, 2.45) is 0 Å². The van der Waals surface area contributed by atoms with Crippen LogP contribution in [0.5, 0.6) is 0 Å². The molecule has 0 aliphatic carbocycles. The molecule has 0 unspecified atom stereocenters. The molecule has 0 aromatic heterocycles. The Hall–Kier alpha value is -3.12. The Balaban J connectivity index is 1.71. The van der Waals surface area contributed by atoms with Crippen LogP contribution in [0, 0.1) is 20.8 Å². The van der Waals surface area contributed by atoms with E-state index in [-0.39, 0.29) is 10.8 Å². The van der Waals surface area contributed by atoms with Gasteiger partial charge in [-0.3, -0.25) is 9.52 Å². The van der Waals surface area contributed by atoms with E-state index in [1.807, 2.05) is 39.0 Å². The molecule has 0 saturated carbocycles. The highest BCUT2D eigenvalue weighted by atomic mass is 32.2. The molecular formula is C22H22N2O3S. The Morgan fingerprint density at radius 2 is 1.36 bits per heavy atom. The van der Waals surface area contributed by atoms with Crippen molar-refractivity contribution in [3.05, 3.63) is 89.0 Å². The van der Waals surface area contributed by atoms with Crippen molar-refractivity contribution in [1.82, 2.24) is 0 Å². The summed E-state index contributed by atoms with van der Waals surface area (Å²) in [5.41, 5.74) is 4.79. The summed E-state index contributed by atoms with van der Waals surface area (Å²) in [7, 11) is -3.67. The number of aryl methyl sites for hydroxylation is 3. The molecule has 28 heavy (non-hydrogen) atoms. The molecule has 0 spiro atoms. The molecule has 0 saturated heterocycles. The zero-order chi connectivity index (χ0) is 20.3. The molecule has 2 N–H and O–H groups in total. The lowest BCUT2D eigenvalue weighted by Gasteiger charge is -2.10. The molecule has 5 nitrogen and oxygen atoms in total. The highest BCUT2D eigenvalue weighted by Gasteiger charge is 2.14. The number of sulfonamides is 1. The smallest absolute Gasteiger partial charge is 0.261 e. The van der Waals surface area contributed by atoms with Crippen LogP contribution in [0.15, 0.2) is 71.6 Å². The second-order valence-electron chi connectivity index (χ2n) is 6.75. The molecular weight excluding hydrogens is 372 g/mol. The first-order valence-corrected chi connectivity index (χ1v) is 10.3. The molecule has 3 aromatic carbocycles. The van der Waals surface area contributed by atoms with E-state index < -0.39 is 10.0 Å². The van der Waals surface area contributed by atoms with Gasteiger partial charge in [-0.25, -0.2) is 8.42 Å². The number of benzene rings is 3. The third-order valence-electron chi connectivity index (χ3n) is 4.50. The number of amides is 1. The SMILES string of the molecule is Cc1ccc(S(=O)(=O)Nc2ccc(C(=O)Nc3ccc(C)c(C)c3)cc2)cc1. The van der Waals surface area contributed by atoms with E-state index in [0.29, 0.717) is 11.3 Å². The van der Waals surface area contributed by atoms with Gasteiger partial charge in [-0.2, -0.15) is 0 Å². The lowest BCUT2D eigenvalue weighted by Crippen LogP contribution is -2.14. The summed E-state index contributed by atoms with van der Waals surface area (Å²) in [4.78, 5) is 12.6. The molecule has 144 valence electrons. The van der Waals surface area contributed by atoms with Crippen molar-refractivity contribution in [1.29, 1.82) is 0 Å². The predicted octanol–water partition coefficient (Wildman–Crippen LogP) is 4.66. The number of hydrogen-bond donors (Lipinski definition) is 2. The second-order valence-corrected chi connectivity index (χ2v) is 8.43. The van der Waals surface area contributed by atoms with Crippen LogP contribution in [0.2, 0.25) is 0 Å². The zero-order valence-electron chi connectivity index (χ0n) is 16.0. The quantitative estimate of drug-likeness (QED) is 0.661. The number of hydrogen-bond acceptors (Lipinski definition) is 3. The molecule has 0 heterocycles. The summed E-state index contributed by atoms with van der Waals surface area (Å²) >= 11 is 0. The van der Waals surface area contributed by atoms with Gasteiger partial charge in [0.15, 0.2) is 0 Å². The van der Waals surface area contributed by atoms with Gasteiger partial charge in [0.05, 0.1) is 4.90 Å². The van der Waals surface area contributed by atoms with Crippen LogP contribution in [-0.2, 0) is 10.0 Å². The monoisotopic (exact) mass is 394 g/mol. The maximum absolute atomic E-state index is 12.4. The summed E-state index contributed by atoms with van der Waals surface area (Å²) < 4.78 is 27.4. The second kappa shape index (κ2) is 7.86. The van der Waals surface area contributed by atoms with Crippen molar-refractivity contribution in [2.45, 2.75) is 25.7 Å². The van der Waals surface area contributed by atoms with E-state index in [4.69, 9.17) is 0 Å². The highest BCUT2D eigenvalue weighted by Crippen LogP contribution is 2.19. The lowest BCUT2D eigenvalue weighted by atomic mass is 10.1. The van der Waals surface area contributed by atoms with Crippen LogP contribution in [0.3, 0.4) is 0 Å². The highest BCUT2D eigenvalue weighted by molar-refractivity contribution is 7.92. The van der Waals surface area contributed by atoms with Crippen LogP contribution in [-0.4, -0.2) is 14.3 Å². The summed E-state index contributed by atoms with van der Waals surface area (Å²) in [5, 5.41) is 2.85. The summed E-state index contributed by atoms with van der Waals surface area (Å²) in [5.74, 6) is -0.254. The van der Waals surface area contributed by atoms with E-state index in [9.17, 15) is 13.2 Å². The molecule has 0 bridgehead atoms. The summed E-state index contributed by atoms with van der Waals surface area (Å²) in [6, 6.07) is 18.6. The maximum atomic E-state index is 12.4. The van der Waals surface area contributed by atoms with Gasteiger partial charge in [-0.15, -0.1) is 0 Å². The fraction of sp³-hybridized carbons (Fsp3) is 0.136. The van der Waals surface area contributed by atoms with Gasteiger partial charge in [0.25, 0.3) is 15.9 Å². The molecule has 3 rings (SSSR count). The minimum absolute atomic E-state index is 0.190. The Kier molecular flexibility index (Phi) is 5.51. The van der Waals surface area contributed by atoms with Crippen molar-refractivity contribution in [3.8, 4) is 0 Å². The van der Waals surface area contributed by atoms with Crippen LogP contribution in [0.1, 0.15) is 27.0 Å². The van der Waals surface area contributed by atoms with E-state index in [1.165, 1.54) is 0 Å². The zero-order valence-corrected chi connectivity index (χ0v) is 16.8. The predicted molar refractivity (Wildman–Crippen MR) is 112 cm³/mol. The molecule has 0 radical (unpaired) electrons. The van der Waals surface area contributed by atoms with Crippen LogP contribution >= 0.6 is 0 Å². The average molecular weight is 394 g/mol. The van der Waals surface area contributed by atoms with Crippen molar-refractivity contribution < 1.29 is 13.2 Å².